The maximum absolute atomic E-state index is 12.0. The van der Waals surface area contributed by atoms with Gasteiger partial charge in [0.05, 0.1) is 17.1 Å². The van der Waals surface area contributed by atoms with Crippen LogP contribution in [0.2, 0.25) is 10.0 Å². The highest BCUT2D eigenvalue weighted by Gasteiger charge is 2.44. The Morgan fingerprint density at radius 3 is 2.74 bits per heavy atom. The van der Waals surface area contributed by atoms with Crippen molar-refractivity contribution in [3.05, 3.63) is 38.4 Å². The van der Waals surface area contributed by atoms with Crippen molar-refractivity contribution in [2.24, 2.45) is 17.8 Å². The van der Waals surface area contributed by atoms with E-state index in [0.29, 0.717) is 5.02 Å². The number of anilines is 1. The quantitative estimate of drug-likeness (QED) is 0.414. The fourth-order valence-electron chi connectivity index (χ4n) is 3.16. The van der Waals surface area contributed by atoms with Gasteiger partial charge in [-0.15, -0.1) is 0 Å². The number of halogens is 2. The molecule has 3 atom stereocenters. The van der Waals surface area contributed by atoms with Crippen LogP contribution in [-0.2, 0) is 19.1 Å². The monoisotopic (exact) mass is 416 g/mol. The van der Waals surface area contributed by atoms with Crippen LogP contribution in [0.5, 0.6) is 0 Å². The Kier molecular flexibility index (Phi) is 7.15. The summed E-state index contributed by atoms with van der Waals surface area (Å²) in [5, 5.41) is 13.9. The third kappa shape index (κ3) is 5.90. The molecule has 1 aromatic carbocycles. The van der Waals surface area contributed by atoms with Crippen LogP contribution < -0.4 is 5.32 Å². The minimum atomic E-state index is -0.761. The first-order valence-electron chi connectivity index (χ1n) is 8.22. The minimum absolute atomic E-state index is 0.172. The first-order chi connectivity index (χ1) is 12.7. The molecule has 0 unspecified atom stereocenters. The van der Waals surface area contributed by atoms with Crippen LogP contribution in [0.3, 0.4) is 0 Å². The van der Waals surface area contributed by atoms with Crippen molar-refractivity contribution in [3.63, 3.8) is 0 Å². The highest BCUT2D eigenvalue weighted by atomic mass is 35.5. The topological polar surface area (TPSA) is 116 Å². The van der Waals surface area contributed by atoms with Gasteiger partial charge >= 0.3 is 5.97 Å². The molecule has 2 rings (SSSR count). The zero-order chi connectivity index (χ0) is 20.1. The average molecular weight is 417 g/mol. The second-order valence-electron chi connectivity index (χ2n) is 6.47. The van der Waals surface area contributed by atoms with Crippen LogP contribution >= 0.6 is 23.2 Å². The predicted molar refractivity (Wildman–Crippen MR) is 98.3 cm³/mol. The van der Waals surface area contributed by atoms with Crippen LogP contribution in [0.15, 0.2) is 18.2 Å². The number of carbonyl (C=O) groups is 3. The number of nitro groups is 1. The molecule has 1 N–H and O–H groups in total. The van der Waals surface area contributed by atoms with E-state index in [1.54, 1.807) is 13.0 Å². The second-order valence-corrected chi connectivity index (χ2v) is 7.31. The van der Waals surface area contributed by atoms with Gasteiger partial charge in [0.15, 0.2) is 6.61 Å². The molecule has 0 bridgehead atoms. The number of ether oxygens (including phenoxy) is 1. The lowest BCUT2D eigenvalue weighted by Crippen LogP contribution is -2.28. The third-order valence-electron chi connectivity index (χ3n) is 4.50. The van der Waals surface area contributed by atoms with Crippen molar-refractivity contribution in [2.75, 3.05) is 18.5 Å². The van der Waals surface area contributed by atoms with Crippen LogP contribution in [0.4, 0.5) is 5.69 Å². The molecule has 8 nitrogen and oxygen atoms in total. The molecule has 146 valence electrons. The Morgan fingerprint density at radius 1 is 1.37 bits per heavy atom. The Morgan fingerprint density at radius 2 is 2.07 bits per heavy atom. The molecule has 1 aliphatic rings. The molecule has 0 heterocycles. The van der Waals surface area contributed by atoms with Crippen LogP contribution in [0.25, 0.3) is 0 Å². The number of benzene rings is 1. The van der Waals surface area contributed by atoms with E-state index in [0.717, 1.165) is 0 Å². The van der Waals surface area contributed by atoms with Gasteiger partial charge in [-0.25, -0.2) is 0 Å². The fourth-order valence-corrected chi connectivity index (χ4v) is 3.50. The van der Waals surface area contributed by atoms with Gasteiger partial charge in [-0.3, -0.25) is 24.5 Å². The lowest BCUT2D eigenvalue weighted by atomic mass is 9.88. The van der Waals surface area contributed by atoms with Gasteiger partial charge in [0.1, 0.15) is 5.78 Å². The zero-order valence-corrected chi connectivity index (χ0v) is 16.0. The second kappa shape index (κ2) is 9.14. The van der Waals surface area contributed by atoms with Crippen molar-refractivity contribution < 1.29 is 24.0 Å². The third-order valence-corrected chi connectivity index (χ3v) is 5.06. The number of nitrogens with zero attached hydrogens (tertiary/aromatic N) is 1. The molecule has 0 aromatic heterocycles. The molecule has 1 aliphatic carbocycles. The van der Waals surface area contributed by atoms with E-state index < -0.39 is 35.2 Å². The smallest absolute Gasteiger partial charge is 0.307 e. The molecule has 27 heavy (non-hydrogen) atoms. The molecule has 0 spiro atoms. The molecular formula is C17H18Cl2N2O6. The van der Waals surface area contributed by atoms with E-state index in [-0.39, 0.29) is 41.8 Å². The highest BCUT2D eigenvalue weighted by Crippen LogP contribution is 2.36. The molecule has 1 amide bonds. The van der Waals surface area contributed by atoms with Crippen molar-refractivity contribution in [1.29, 1.82) is 0 Å². The number of hydrogen-bond acceptors (Lipinski definition) is 6. The minimum Gasteiger partial charge on any atom is -0.456 e. The van der Waals surface area contributed by atoms with Crippen LogP contribution in [0.1, 0.15) is 19.8 Å². The Bertz CT molecular complexity index is 770. The van der Waals surface area contributed by atoms with E-state index in [1.807, 2.05) is 0 Å². The molecule has 1 aromatic rings. The fraction of sp³-hybridized carbons (Fsp3) is 0.471. The number of rotatable bonds is 7. The first-order valence-corrected chi connectivity index (χ1v) is 8.98. The summed E-state index contributed by atoms with van der Waals surface area (Å²) in [7, 11) is 0. The zero-order valence-electron chi connectivity index (χ0n) is 14.4. The van der Waals surface area contributed by atoms with Gasteiger partial charge < -0.3 is 10.1 Å². The molecule has 1 fully saturated rings. The number of hydrogen-bond donors (Lipinski definition) is 1. The van der Waals surface area contributed by atoms with Gasteiger partial charge in [-0.1, -0.05) is 30.1 Å². The van der Waals surface area contributed by atoms with Gasteiger partial charge in [-0.2, -0.15) is 0 Å². The van der Waals surface area contributed by atoms with Crippen molar-refractivity contribution in [1.82, 2.24) is 0 Å². The summed E-state index contributed by atoms with van der Waals surface area (Å²) in [6.45, 7) is 0.802. The van der Waals surface area contributed by atoms with E-state index in [1.165, 1.54) is 12.1 Å². The standard InChI is InChI=1S/C17H18Cl2N2O6/c1-9-4-15(22)11(12(9)7-21(25)26)6-17(24)27-8-16(23)20-14-5-10(18)2-3-13(14)19/h2-3,5,9,11-12H,4,6-8H2,1H3,(H,20,23)/t9-,11-,12+/m0/s1. The van der Waals surface area contributed by atoms with Gasteiger partial charge in [0, 0.05) is 28.2 Å². The summed E-state index contributed by atoms with van der Waals surface area (Å²) in [6, 6.07) is 4.51. The Hall–Kier alpha value is -2.19. The highest BCUT2D eigenvalue weighted by molar-refractivity contribution is 6.35. The Balaban J connectivity index is 1.87. The molecule has 0 saturated heterocycles. The number of Topliss-reactive ketones (excluding diaryl/α,β-unsaturated/α-hetero) is 1. The van der Waals surface area contributed by atoms with Crippen LogP contribution in [-0.4, -0.2) is 35.7 Å². The van der Waals surface area contributed by atoms with Crippen molar-refractivity contribution in [2.45, 2.75) is 19.8 Å². The van der Waals surface area contributed by atoms with Gasteiger partial charge in [0.2, 0.25) is 6.54 Å². The summed E-state index contributed by atoms with van der Waals surface area (Å²) in [4.78, 5) is 46.2. The summed E-state index contributed by atoms with van der Waals surface area (Å²) in [6.07, 6.45) is -0.0862. The molecular weight excluding hydrogens is 399 g/mol. The predicted octanol–water partition coefficient (Wildman–Crippen LogP) is 2.98. The van der Waals surface area contributed by atoms with Crippen molar-refractivity contribution in [3.8, 4) is 0 Å². The van der Waals surface area contributed by atoms with Crippen LogP contribution in [0, 0.1) is 27.9 Å². The largest absolute Gasteiger partial charge is 0.456 e. The normalized spacial score (nSPS) is 21.7. The van der Waals surface area contributed by atoms with Gasteiger partial charge in [-0.05, 0) is 24.1 Å². The number of ketones is 1. The molecule has 0 radical (unpaired) electrons. The SMILES string of the molecule is C[C@H]1CC(=O)[C@@H](CC(=O)OCC(=O)Nc2cc(Cl)ccc2Cl)[C@@H]1C[N+](=O)[O-]. The maximum atomic E-state index is 12.0. The van der Waals surface area contributed by atoms with E-state index >= 15 is 0 Å². The number of carbonyl (C=O) groups excluding carboxylic acids is 3. The summed E-state index contributed by atoms with van der Waals surface area (Å²) < 4.78 is 4.90. The van der Waals surface area contributed by atoms with Crippen molar-refractivity contribution >= 4 is 46.5 Å². The number of esters is 1. The maximum Gasteiger partial charge on any atom is 0.307 e. The average Bonchev–Trinajstić information content (AvgIpc) is 2.83. The lowest BCUT2D eigenvalue weighted by molar-refractivity contribution is -0.490. The lowest BCUT2D eigenvalue weighted by Gasteiger charge is -2.17. The molecule has 1 saturated carbocycles. The van der Waals surface area contributed by atoms with Gasteiger partial charge in [0.25, 0.3) is 5.91 Å². The number of amides is 1. The number of nitrogens with one attached hydrogen (secondary N) is 1. The molecule has 10 heteroatoms. The summed E-state index contributed by atoms with van der Waals surface area (Å²) in [5.74, 6) is -3.03. The van der Waals surface area contributed by atoms with E-state index in [9.17, 15) is 24.5 Å². The van der Waals surface area contributed by atoms with E-state index in [2.05, 4.69) is 5.32 Å². The first kappa shape index (κ1) is 21.1. The summed E-state index contributed by atoms with van der Waals surface area (Å²) in [5.41, 5.74) is 0.274. The summed E-state index contributed by atoms with van der Waals surface area (Å²) >= 11 is 11.8. The Labute approximate surface area is 165 Å². The molecule has 0 aliphatic heterocycles. The van der Waals surface area contributed by atoms with E-state index in [4.69, 9.17) is 27.9 Å².